The molecular weight excluding hydrogens is 415 g/mol. The largest absolute Gasteiger partial charge is 0.416 e. The lowest BCUT2D eigenvalue weighted by molar-refractivity contribution is -0.138. The molecule has 154 valence electrons. The first-order chi connectivity index (χ1) is 14.3. The van der Waals surface area contributed by atoms with Crippen LogP contribution in [0.1, 0.15) is 34.6 Å². The molecule has 0 radical (unpaired) electrons. The van der Waals surface area contributed by atoms with Gasteiger partial charge in [0, 0.05) is 18.1 Å². The number of rotatable bonds is 4. The number of fused-ring (bicyclic) bond motifs is 1. The molecule has 0 fully saturated rings. The summed E-state index contributed by atoms with van der Waals surface area (Å²) in [6.45, 7) is 0. The van der Waals surface area contributed by atoms with Crippen LogP contribution in [0.4, 0.5) is 19.0 Å². The van der Waals surface area contributed by atoms with Crippen LogP contribution in [0.5, 0.6) is 0 Å². The van der Waals surface area contributed by atoms with Crippen LogP contribution in [0.15, 0.2) is 64.5 Å². The van der Waals surface area contributed by atoms with Gasteiger partial charge >= 0.3 is 6.18 Å². The number of carbonyl (C=O) groups is 1. The van der Waals surface area contributed by atoms with Gasteiger partial charge in [-0.3, -0.25) is 9.59 Å². The Labute approximate surface area is 173 Å². The summed E-state index contributed by atoms with van der Waals surface area (Å²) in [5.41, 5.74) is -0.479. The predicted octanol–water partition coefficient (Wildman–Crippen LogP) is 4.56. The van der Waals surface area contributed by atoms with Crippen molar-refractivity contribution in [1.82, 2.24) is 9.97 Å². The summed E-state index contributed by atoms with van der Waals surface area (Å²) >= 11 is 1.27. The van der Waals surface area contributed by atoms with Crippen molar-refractivity contribution < 1.29 is 18.0 Å². The van der Waals surface area contributed by atoms with E-state index in [0.29, 0.717) is 5.75 Å². The molecule has 5 nitrogen and oxygen atoms in total. The highest BCUT2D eigenvalue weighted by Gasteiger charge is 2.39. The van der Waals surface area contributed by atoms with Crippen LogP contribution in [0.2, 0.25) is 0 Å². The second-order valence-electron chi connectivity index (χ2n) is 6.80. The molecule has 1 atom stereocenters. The SMILES string of the molecule is O=C1CC(c2ccccc2C(F)(F)F)c2c(nc(SCc3ccccc3)[nH]c2=O)N1. The Morgan fingerprint density at radius 1 is 1.03 bits per heavy atom. The van der Waals surface area contributed by atoms with Gasteiger partial charge in [-0.05, 0) is 17.2 Å². The van der Waals surface area contributed by atoms with E-state index in [1.807, 2.05) is 30.3 Å². The van der Waals surface area contributed by atoms with E-state index in [0.717, 1.165) is 11.6 Å². The van der Waals surface area contributed by atoms with Crippen molar-refractivity contribution in [1.29, 1.82) is 0 Å². The van der Waals surface area contributed by atoms with Crippen molar-refractivity contribution in [3.8, 4) is 0 Å². The van der Waals surface area contributed by atoms with Crippen LogP contribution in [0.25, 0.3) is 0 Å². The standard InChI is InChI=1S/C21H16F3N3O2S/c22-21(23,24)15-9-5-4-8-13(15)14-10-16(28)25-18-17(14)19(29)27-20(26-18)30-11-12-6-2-1-3-7-12/h1-9,14H,10-11H2,(H2,25,26,27,28,29). The molecule has 2 heterocycles. The number of thioether (sulfide) groups is 1. The lowest BCUT2D eigenvalue weighted by Crippen LogP contribution is -2.32. The van der Waals surface area contributed by atoms with Crippen LogP contribution in [-0.4, -0.2) is 15.9 Å². The Balaban J connectivity index is 1.72. The summed E-state index contributed by atoms with van der Waals surface area (Å²) in [5.74, 6) is -0.971. The second kappa shape index (κ2) is 7.98. The lowest BCUT2D eigenvalue weighted by Gasteiger charge is -2.26. The van der Waals surface area contributed by atoms with E-state index >= 15 is 0 Å². The molecule has 3 aromatic rings. The molecule has 1 aliphatic heterocycles. The molecule has 0 saturated heterocycles. The normalized spacial score (nSPS) is 16.1. The van der Waals surface area contributed by atoms with Gasteiger partial charge < -0.3 is 10.3 Å². The van der Waals surface area contributed by atoms with Crippen molar-refractivity contribution in [2.75, 3.05) is 5.32 Å². The van der Waals surface area contributed by atoms with Crippen molar-refractivity contribution >= 4 is 23.5 Å². The van der Waals surface area contributed by atoms with E-state index in [-0.39, 0.29) is 28.5 Å². The van der Waals surface area contributed by atoms with Gasteiger partial charge in [0.25, 0.3) is 5.56 Å². The first kappa shape index (κ1) is 20.2. The van der Waals surface area contributed by atoms with Gasteiger partial charge in [-0.2, -0.15) is 13.2 Å². The van der Waals surface area contributed by atoms with E-state index in [4.69, 9.17) is 0 Å². The maximum atomic E-state index is 13.5. The first-order valence-electron chi connectivity index (χ1n) is 9.10. The summed E-state index contributed by atoms with van der Waals surface area (Å²) in [4.78, 5) is 32.0. The third kappa shape index (κ3) is 4.11. The van der Waals surface area contributed by atoms with Gasteiger partial charge in [0.15, 0.2) is 5.16 Å². The van der Waals surface area contributed by atoms with Gasteiger partial charge in [0.2, 0.25) is 5.91 Å². The molecule has 0 bridgehead atoms. The van der Waals surface area contributed by atoms with Crippen molar-refractivity contribution in [3.05, 3.63) is 87.2 Å². The minimum Gasteiger partial charge on any atom is -0.310 e. The summed E-state index contributed by atoms with van der Waals surface area (Å²) < 4.78 is 40.5. The van der Waals surface area contributed by atoms with Crippen LogP contribution in [0, 0.1) is 0 Å². The number of anilines is 1. The van der Waals surface area contributed by atoms with Gasteiger partial charge in [-0.1, -0.05) is 60.3 Å². The third-order valence-electron chi connectivity index (χ3n) is 4.79. The number of alkyl halides is 3. The van der Waals surface area contributed by atoms with E-state index in [9.17, 15) is 22.8 Å². The summed E-state index contributed by atoms with van der Waals surface area (Å²) in [7, 11) is 0. The van der Waals surface area contributed by atoms with Gasteiger partial charge in [-0.15, -0.1) is 0 Å². The fourth-order valence-corrected chi connectivity index (χ4v) is 4.29. The van der Waals surface area contributed by atoms with Gasteiger partial charge in [0.1, 0.15) is 5.82 Å². The Hall–Kier alpha value is -3.07. The fraction of sp³-hybridized carbons (Fsp3) is 0.190. The Morgan fingerprint density at radius 2 is 1.73 bits per heavy atom. The zero-order valence-electron chi connectivity index (χ0n) is 15.5. The number of hydrogen-bond donors (Lipinski definition) is 2. The van der Waals surface area contributed by atoms with Gasteiger partial charge in [0.05, 0.1) is 11.1 Å². The number of aromatic amines is 1. The van der Waals surface area contributed by atoms with Crippen molar-refractivity contribution in [3.63, 3.8) is 0 Å². The molecule has 1 aromatic heterocycles. The molecular formula is C21H16F3N3O2S. The number of hydrogen-bond acceptors (Lipinski definition) is 4. The third-order valence-corrected chi connectivity index (χ3v) is 5.73. The highest BCUT2D eigenvalue weighted by molar-refractivity contribution is 7.98. The molecule has 30 heavy (non-hydrogen) atoms. The van der Waals surface area contributed by atoms with Crippen LogP contribution >= 0.6 is 11.8 Å². The quantitative estimate of drug-likeness (QED) is 0.469. The monoisotopic (exact) mass is 431 g/mol. The molecule has 9 heteroatoms. The molecule has 0 spiro atoms. The van der Waals surface area contributed by atoms with Crippen molar-refractivity contribution in [2.45, 2.75) is 29.4 Å². The molecule has 1 unspecified atom stereocenters. The number of H-pyrrole nitrogens is 1. The summed E-state index contributed by atoms with van der Waals surface area (Å²) in [6, 6.07) is 14.5. The van der Waals surface area contributed by atoms with Crippen LogP contribution in [-0.2, 0) is 16.7 Å². The Bertz CT molecular complexity index is 1150. The maximum Gasteiger partial charge on any atom is 0.416 e. The second-order valence-corrected chi connectivity index (χ2v) is 7.76. The average molecular weight is 431 g/mol. The Kier molecular flexibility index (Phi) is 5.38. The Morgan fingerprint density at radius 3 is 2.47 bits per heavy atom. The first-order valence-corrected chi connectivity index (χ1v) is 10.1. The molecule has 2 N–H and O–H groups in total. The number of aromatic nitrogens is 2. The average Bonchev–Trinajstić information content (AvgIpc) is 2.71. The molecule has 1 aliphatic rings. The maximum absolute atomic E-state index is 13.5. The van der Waals surface area contributed by atoms with Crippen LogP contribution < -0.4 is 10.9 Å². The highest BCUT2D eigenvalue weighted by atomic mass is 32.2. The molecule has 0 saturated carbocycles. The zero-order valence-corrected chi connectivity index (χ0v) is 16.3. The highest BCUT2D eigenvalue weighted by Crippen LogP contribution is 2.41. The summed E-state index contributed by atoms with van der Waals surface area (Å²) in [6.07, 6.45) is -4.86. The zero-order chi connectivity index (χ0) is 21.3. The minimum atomic E-state index is -4.60. The smallest absolute Gasteiger partial charge is 0.310 e. The van der Waals surface area contributed by atoms with E-state index < -0.39 is 29.1 Å². The van der Waals surface area contributed by atoms with Crippen molar-refractivity contribution in [2.24, 2.45) is 0 Å². The number of carbonyl (C=O) groups excluding carboxylic acids is 1. The van der Waals surface area contributed by atoms with E-state index in [1.54, 1.807) is 0 Å². The van der Waals surface area contributed by atoms with E-state index in [2.05, 4.69) is 15.3 Å². The molecule has 2 aromatic carbocycles. The van der Waals surface area contributed by atoms with Crippen LogP contribution in [0.3, 0.4) is 0 Å². The van der Waals surface area contributed by atoms with Gasteiger partial charge in [-0.25, -0.2) is 4.98 Å². The lowest BCUT2D eigenvalue weighted by atomic mass is 9.84. The number of amides is 1. The molecule has 1 amide bonds. The molecule has 0 aliphatic carbocycles. The number of nitrogens with one attached hydrogen (secondary N) is 2. The number of nitrogens with zero attached hydrogens (tertiary/aromatic N) is 1. The predicted molar refractivity (Wildman–Crippen MR) is 107 cm³/mol. The number of halogens is 3. The number of benzene rings is 2. The fourth-order valence-electron chi connectivity index (χ4n) is 3.47. The topological polar surface area (TPSA) is 74.8 Å². The van der Waals surface area contributed by atoms with E-state index in [1.165, 1.54) is 30.0 Å². The summed E-state index contributed by atoms with van der Waals surface area (Å²) in [5, 5.41) is 2.82. The molecule has 4 rings (SSSR count). The minimum absolute atomic E-state index is 0.00698.